The number of nitrogens with zero attached hydrogens (tertiary/aromatic N) is 3. The number of rotatable bonds is 4. The Morgan fingerprint density at radius 1 is 0.765 bits per heavy atom. The van der Waals surface area contributed by atoms with Crippen molar-refractivity contribution in [3.05, 3.63) is 114 Å². The Kier molecular flexibility index (Phi) is 4.29. The second-order valence-electron chi connectivity index (χ2n) is 8.64. The van der Waals surface area contributed by atoms with Crippen LogP contribution >= 0.6 is 0 Å². The highest BCUT2D eigenvalue weighted by Gasteiger charge is 2.31. The topological polar surface area (TPSA) is 66.5 Å². The second-order valence-corrected chi connectivity index (χ2v) is 8.64. The molecule has 1 aliphatic rings. The number of hydrogen-bond acceptors (Lipinski definition) is 4. The van der Waals surface area contributed by atoms with Crippen molar-refractivity contribution < 1.29 is 0 Å². The van der Waals surface area contributed by atoms with Gasteiger partial charge < -0.3 is 10.3 Å². The third-order valence-corrected chi connectivity index (χ3v) is 6.72. The third-order valence-electron chi connectivity index (χ3n) is 6.72. The molecule has 1 atom stereocenters. The summed E-state index contributed by atoms with van der Waals surface area (Å²) in [7, 11) is 0. The highest BCUT2D eigenvalue weighted by atomic mass is 14.9. The van der Waals surface area contributed by atoms with Crippen molar-refractivity contribution in [1.29, 1.82) is 0 Å². The fourth-order valence-corrected chi connectivity index (χ4v) is 5.19. The summed E-state index contributed by atoms with van der Waals surface area (Å²) in [6, 6.07) is 27.7. The van der Waals surface area contributed by atoms with Gasteiger partial charge in [0.15, 0.2) is 0 Å². The van der Waals surface area contributed by atoms with Gasteiger partial charge in [0, 0.05) is 29.9 Å². The molecule has 0 aliphatic heterocycles. The molecule has 5 heteroatoms. The van der Waals surface area contributed by atoms with Crippen molar-refractivity contribution in [1.82, 2.24) is 25.3 Å². The number of benzene rings is 3. The van der Waals surface area contributed by atoms with Gasteiger partial charge in [-0.3, -0.25) is 9.97 Å². The Hall–Kier alpha value is -4.35. The van der Waals surface area contributed by atoms with E-state index in [-0.39, 0.29) is 6.04 Å². The number of fused-ring (bicyclic) bond motifs is 5. The van der Waals surface area contributed by atoms with E-state index in [4.69, 9.17) is 4.98 Å². The predicted molar refractivity (Wildman–Crippen MR) is 135 cm³/mol. The summed E-state index contributed by atoms with van der Waals surface area (Å²) >= 11 is 0. The summed E-state index contributed by atoms with van der Waals surface area (Å²) in [5.41, 5.74) is 10.3. The van der Waals surface area contributed by atoms with E-state index in [1.807, 2.05) is 24.5 Å². The Morgan fingerprint density at radius 3 is 2.62 bits per heavy atom. The van der Waals surface area contributed by atoms with Gasteiger partial charge in [-0.05, 0) is 46.0 Å². The van der Waals surface area contributed by atoms with Gasteiger partial charge in [-0.25, -0.2) is 4.98 Å². The SMILES string of the molecule is c1ccc2c(c1)-c1c(-c3nc4ccncc4[nH]3)cccc1C2NCc1cccc2ncccc12. The maximum absolute atomic E-state index is 4.86. The zero-order chi connectivity index (χ0) is 22.5. The van der Waals surface area contributed by atoms with Gasteiger partial charge in [0.1, 0.15) is 5.82 Å². The zero-order valence-corrected chi connectivity index (χ0v) is 18.4. The second kappa shape index (κ2) is 7.61. The van der Waals surface area contributed by atoms with Crippen LogP contribution in [0.3, 0.4) is 0 Å². The molecule has 3 aromatic carbocycles. The number of imidazole rings is 1. The van der Waals surface area contributed by atoms with E-state index >= 15 is 0 Å². The Labute approximate surface area is 196 Å². The summed E-state index contributed by atoms with van der Waals surface area (Å²) in [6.07, 6.45) is 5.45. The molecule has 0 spiro atoms. The lowest BCUT2D eigenvalue weighted by Gasteiger charge is -2.17. The monoisotopic (exact) mass is 439 g/mol. The molecule has 0 fully saturated rings. The van der Waals surface area contributed by atoms with Crippen molar-refractivity contribution in [2.24, 2.45) is 0 Å². The first-order valence-electron chi connectivity index (χ1n) is 11.4. The molecule has 3 heterocycles. The molecule has 0 saturated heterocycles. The zero-order valence-electron chi connectivity index (χ0n) is 18.4. The molecule has 7 rings (SSSR count). The van der Waals surface area contributed by atoms with Crippen LogP contribution in [-0.4, -0.2) is 19.9 Å². The number of aromatic amines is 1. The molecule has 1 unspecified atom stereocenters. The van der Waals surface area contributed by atoms with Gasteiger partial charge in [-0.15, -0.1) is 0 Å². The van der Waals surface area contributed by atoms with Crippen LogP contribution in [0.2, 0.25) is 0 Å². The minimum absolute atomic E-state index is 0.101. The smallest absolute Gasteiger partial charge is 0.139 e. The van der Waals surface area contributed by atoms with E-state index in [1.54, 1.807) is 6.20 Å². The summed E-state index contributed by atoms with van der Waals surface area (Å²) in [5, 5.41) is 5.03. The summed E-state index contributed by atoms with van der Waals surface area (Å²) in [6.45, 7) is 0.752. The summed E-state index contributed by atoms with van der Waals surface area (Å²) in [5.74, 6) is 0.871. The quantitative estimate of drug-likeness (QED) is 0.352. The van der Waals surface area contributed by atoms with Gasteiger partial charge in [-0.2, -0.15) is 0 Å². The van der Waals surface area contributed by atoms with Gasteiger partial charge >= 0.3 is 0 Å². The molecule has 6 aromatic rings. The molecule has 1 aliphatic carbocycles. The van der Waals surface area contributed by atoms with Gasteiger partial charge in [0.05, 0.1) is 28.8 Å². The Bertz CT molecular complexity index is 1650. The molecular weight excluding hydrogens is 418 g/mol. The average molecular weight is 440 g/mol. The molecule has 0 bridgehead atoms. The highest BCUT2D eigenvalue weighted by Crippen LogP contribution is 2.47. The Balaban J connectivity index is 1.33. The number of hydrogen-bond donors (Lipinski definition) is 2. The minimum atomic E-state index is 0.101. The maximum Gasteiger partial charge on any atom is 0.139 e. The van der Waals surface area contributed by atoms with Crippen molar-refractivity contribution >= 4 is 21.9 Å². The van der Waals surface area contributed by atoms with Crippen LogP contribution in [0.25, 0.3) is 44.5 Å². The minimum Gasteiger partial charge on any atom is -0.337 e. The van der Waals surface area contributed by atoms with Crippen molar-refractivity contribution in [3.8, 4) is 22.5 Å². The van der Waals surface area contributed by atoms with E-state index in [2.05, 4.69) is 87.0 Å². The van der Waals surface area contributed by atoms with Gasteiger partial charge in [0.2, 0.25) is 0 Å². The molecular formula is C29H21N5. The van der Waals surface area contributed by atoms with Crippen LogP contribution in [0, 0.1) is 0 Å². The maximum atomic E-state index is 4.86. The lowest BCUT2D eigenvalue weighted by molar-refractivity contribution is 0.618. The molecule has 0 saturated carbocycles. The number of H-pyrrole nitrogens is 1. The van der Waals surface area contributed by atoms with Gasteiger partial charge in [0.25, 0.3) is 0 Å². The van der Waals surface area contributed by atoms with Crippen LogP contribution in [-0.2, 0) is 6.54 Å². The fourth-order valence-electron chi connectivity index (χ4n) is 5.19. The highest BCUT2D eigenvalue weighted by molar-refractivity contribution is 5.91. The molecule has 2 N–H and O–H groups in total. The molecule has 0 amide bonds. The largest absolute Gasteiger partial charge is 0.337 e. The fraction of sp³-hybridized carbons (Fsp3) is 0.0690. The number of nitrogens with one attached hydrogen (secondary N) is 2. The van der Waals surface area contributed by atoms with Crippen molar-refractivity contribution in [3.63, 3.8) is 0 Å². The molecule has 0 radical (unpaired) electrons. The van der Waals surface area contributed by atoms with Crippen LogP contribution in [0.5, 0.6) is 0 Å². The van der Waals surface area contributed by atoms with Crippen LogP contribution in [0.4, 0.5) is 0 Å². The normalized spacial score (nSPS) is 14.4. The lowest BCUT2D eigenvalue weighted by atomic mass is 9.98. The number of aromatic nitrogens is 4. The Morgan fingerprint density at radius 2 is 1.65 bits per heavy atom. The van der Waals surface area contributed by atoms with E-state index in [1.165, 1.54) is 33.2 Å². The van der Waals surface area contributed by atoms with Gasteiger partial charge in [-0.1, -0.05) is 60.7 Å². The average Bonchev–Trinajstić information content (AvgIpc) is 3.47. The molecule has 3 aromatic heterocycles. The van der Waals surface area contributed by atoms with E-state index in [0.29, 0.717) is 0 Å². The first-order valence-corrected chi connectivity index (χ1v) is 11.4. The predicted octanol–water partition coefficient (Wildman–Crippen LogP) is 6.03. The molecule has 34 heavy (non-hydrogen) atoms. The number of pyridine rings is 2. The van der Waals surface area contributed by atoms with E-state index in [9.17, 15) is 0 Å². The van der Waals surface area contributed by atoms with Crippen molar-refractivity contribution in [2.45, 2.75) is 12.6 Å². The molecule has 5 nitrogen and oxygen atoms in total. The van der Waals surface area contributed by atoms with Crippen molar-refractivity contribution in [2.75, 3.05) is 0 Å². The summed E-state index contributed by atoms with van der Waals surface area (Å²) in [4.78, 5) is 17.1. The van der Waals surface area contributed by atoms with Crippen LogP contribution in [0.15, 0.2) is 97.5 Å². The third kappa shape index (κ3) is 2.95. The van der Waals surface area contributed by atoms with E-state index in [0.717, 1.165) is 34.5 Å². The standard InChI is InChI=1S/C29H21N5/c1-2-8-21-20(7-1)27-22(9-4-10-23(27)29-33-25-13-15-30-17-26(25)34-29)28(21)32-16-18-6-3-12-24-19(18)11-5-14-31-24/h1-15,17,28,32H,16H2,(H,33,34). The first kappa shape index (κ1) is 19.1. The molecule has 162 valence electrons. The van der Waals surface area contributed by atoms with Crippen LogP contribution in [0.1, 0.15) is 22.7 Å². The van der Waals surface area contributed by atoms with Crippen LogP contribution < -0.4 is 5.32 Å². The first-order chi connectivity index (χ1) is 16.9. The van der Waals surface area contributed by atoms with E-state index < -0.39 is 0 Å². The summed E-state index contributed by atoms with van der Waals surface area (Å²) < 4.78 is 0. The lowest BCUT2D eigenvalue weighted by Crippen LogP contribution is -2.20.